The predicted molar refractivity (Wildman–Crippen MR) is 108 cm³/mol. The highest BCUT2D eigenvalue weighted by atomic mass is 16.5. The molecule has 2 heterocycles. The standard InChI is InChI=1S/C22H18N2O8/c1-9(21(29)31-3)23-17(25)11-5-7-13-16-14(8-6-12(15(11)16)18(23)26)20(28)24(19(13)27)10(2)22(30)32-4/h5-10H,1-4H3/t9-,10-/m1/s1. The summed E-state index contributed by atoms with van der Waals surface area (Å²) >= 11 is 0. The van der Waals surface area contributed by atoms with Crippen molar-refractivity contribution in [3.63, 3.8) is 0 Å². The van der Waals surface area contributed by atoms with Gasteiger partial charge in [0.05, 0.1) is 14.2 Å². The van der Waals surface area contributed by atoms with Gasteiger partial charge in [-0.15, -0.1) is 0 Å². The van der Waals surface area contributed by atoms with Crippen LogP contribution in [0, 0.1) is 0 Å². The van der Waals surface area contributed by atoms with Crippen molar-refractivity contribution < 1.29 is 38.2 Å². The molecule has 4 amide bonds. The number of esters is 2. The molecule has 2 aromatic rings. The van der Waals surface area contributed by atoms with Crippen LogP contribution in [0.3, 0.4) is 0 Å². The van der Waals surface area contributed by atoms with Gasteiger partial charge in [-0.3, -0.25) is 29.0 Å². The van der Waals surface area contributed by atoms with Crippen molar-refractivity contribution in [3.8, 4) is 0 Å². The Bertz CT molecular complexity index is 1100. The number of carbonyl (C=O) groups excluding carboxylic acids is 6. The number of imide groups is 2. The van der Waals surface area contributed by atoms with Crippen molar-refractivity contribution in [2.45, 2.75) is 25.9 Å². The van der Waals surface area contributed by atoms with Gasteiger partial charge < -0.3 is 9.47 Å². The van der Waals surface area contributed by atoms with Gasteiger partial charge in [0.15, 0.2) is 0 Å². The topological polar surface area (TPSA) is 127 Å². The molecule has 164 valence electrons. The fraction of sp³-hybridized carbons (Fsp3) is 0.273. The van der Waals surface area contributed by atoms with Gasteiger partial charge in [-0.2, -0.15) is 0 Å². The first-order chi connectivity index (χ1) is 15.1. The monoisotopic (exact) mass is 438 g/mol. The van der Waals surface area contributed by atoms with Crippen molar-refractivity contribution in [2.75, 3.05) is 14.2 Å². The van der Waals surface area contributed by atoms with Crippen LogP contribution >= 0.6 is 0 Å². The minimum absolute atomic E-state index is 0.0750. The maximum absolute atomic E-state index is 13.1. The molecule has 0 radical (unpaired) electrons. The summed E-state index contributed by atoms with van der Waals surface area (Å²) in [4.78, 5) is 78.1. The molecule has 0 bridgehead atoms. The quantitative estimate of drug-likeness (QED) is 0.514. The normalized spacial score (nSPS) is 16.9. The van der Waals surface area contributed by atoms with E-state index < -0.39 is 47.7 Å². The van der Waals surface area contributed by atoms with Gasteiger partial charge in [0, 0.05) is 33.0 Å². The van der Waals surface area contributed by atoms with Crippen molar-refractivity contribution >= 4 is 46.3 Å². The maximum Gasteiger partial charge on any atom is 0.328 e. The van der Waals surface area contributed by atoms with Gasteiger partial charge in [0.1, 0.15) is 12.1 Å². The Labute approximate surface area is 181 Å². The van der Waals surface area contributed by atoms with E-state index in [9.17, 15) is 28.8 Å². The Balaban J connectivity index is 1.93. The Morgan fingerprint density at radius 3 is 1.09 bits per heavy atom. The highest BCUT2D eigenvalue weighted by Crippen LogP contribution is 2.38. The van der Waals surface area contributed by atoms with E-state index in [2.05, 4.69) is 9.47 Å². The molecule has 0 saturated carbocycles. The summed E-state index contributed by atoms with van der Waals surface area (Å²) < 4.78 is 9.32. The second kappa shape index (κ2) is 7.26. The van der Waals surface area contributed by atoms with E-state index in [1.807, 2.05) is 0 Å². The van der Waals surface area contributed by atoms with Crippen LogP contribution in [0.2, 0.25) is 0 Å². The van der Waals surface area contributed by atoms with Gasteiger partial charge in [-0.05, 0) is 38.1 Å². The van der Waals surface area contributed by atoms with Gasteiger partial charge in [0.25, 0.3) is 23.6 Å². The van der Waals surface area contributed by atoms with E-state index in [4.69, 9.17) is 0 Å². The lowest BCUT2D eigenvalue weighted by atomic mass is 9.85. The molecule has 2 aliphatic heterocycles. The average molecular weight is 438 g/mol. The SMILES string of the molecule is COC(=O)[C@@H](C)N1C(=O)c2ccc3c4c(ccc(c24)C1=O)C(=O)N([C@H](C)C(=O)OC)C3=O. The van der Waals surface area contributed by atoms with E-state index in [1.165, 1.54) is 38.1 Å². The largest absolute Gasteiger partial charge is 0.467 e. The van der Waals surface area contributed by atoms with Crippen LogP contribution in [0.15, 0.2) is 24.3 Å². The van der Waals surface area contributed by atoms with Crippen molar-refractivity contribution in [3.05, 3.63) is 46.5 Å². The number of hydrogen-bond acceptors (Lipinski definition) is 8. The van der Waals surface area contributed by atoms with E-state index in [-0.39, 0.29) is 33.0 Å². The van der Waals surface area contributed by atoms with Crippen LogP contribution in [0.5, 0.6) is 0 Å². The smallest absolute Gasteiger partial charge is 0.328 e. The Kier molecular flexibility index (Phi) is 4.80. The number of hydrogen-bond donors (Lipinski definition) is 0. The lowest BCUT2D eigenvalue weighted by Crippen LogP contribution is -2.51. The third-order valence-electron chi connectivity index (χ3n) is 5.82. The predicted octanol–water partition coefficient (Wildman–Crippen LogP) is 1.15. The second-order valence-electron chi connectivity index (χ2n) is 7.43. The molecule has 0 fully saturated rings. The molecular formula is C22H18N2O8. The van der Waals surface area contributed by atoms with Crippen LogP contribution in [0.4, 0.5) is 0 Å². The molecule has 0 aliphatic carbocycles. The summed E-state index contributed by atoms with van der Waals surface area (Å²) in [6.45, 7) is 2.74. The number of nitrogens with zero attached hydrogens (tertiary/aromatic N) is 2. The molecule has 2 aliphatic rings. The maximum atomic E-state index is 13.1. The molecule has 10 nitrogen and oxygen atoms in total. The molecule has 2 atom stereocenters. The first-order valence-corrected chi connectivity index (χ1v) is 9.66. The molecule has 10 heteroatoms. The molecule has 0 unspecified atom stereocenters. The number of carbonyl (C=O) groups is 6. The fourth-order valence-corrected chi connectivity index (χ4v) is 4.17. The summed E-state index contributed by atoms with van der Waals surface area (Å²) in [7, 11) is 2.30. The molecule has 2 aromatic carbocycles. The fourth-order valence-electron chi connectivity index (χ4n) is 4.17. The number of benzene rings is 2. The Hall–Kier alpha value is -4.08. The highest BCUT2D eigenvalue weighted by Gasteiger charge is 2.44. The Morgan fingerprint density at radius 1 is 0.625 bits per heavy atom. The van der Waals surface area contributed by atoms with Crippen LogP contribution in [0.1, 0.15) is 55.3 Å². The molecule has 0 spiro atoms. The van der Waals surface area contributed by atoms with Crippen LogP contribution in [-0.4, -0.2) is 71.7 Å². The molecular weight excluding hydrogens is 420 g/mol. The lowest BCUT2D eigenvalue weighted by molar-refractivity contribution is -0.145. The third-order valence-corrected chi connectivity index (χ3v) is 5.82. The summed E-state index contributed by atoms with van der Waals surface area (Å²) in [5.74, 6) is -4.50. The van der Waals surface area contributed by atoms with Crippen LogP contribution < -0.4 is 0 Å². The Morgan fingerprint density at radius 2 is 0.875 bits per heavy atom. The van der Waals surface area contributed by atoms with Gasteiger partial charge in [-0.1, -0.05) is 0 Å². The van der Waals surface area contributed by atoms with Gasteiger partial charge in [-0.25, -0.2) is 9.59 Å². The first-order valence-electron chi connectivity index (χ1n) is 9.66. The second-order valence-corrected chi connectivity index (χ2v) is 7.43. The van der Waals surface area contributed by atoms with Crippen molar-refractivity contribution in [1.82, 2.24) is 9.80 Å². The lowest BCUT2D eigenvalue weighted by Gasteiger charge is -2.34. The van der Waals surface area contributed by atoms with Crippen LogP contribution in [-0.2, 0) is 19.1 Å². The first kappa shape index (κ1) is 21.2. The van der Waals surface area contributed by atoms with Crippen molar-refractivity contribution in [2.24, 2.45) is 0 Å². The third kappa shape index (κ3) is 2.65. The van der Waals surface area contributed by atoms with E-state index >= 15 is 0 Å². The average Bonchev–Trinajstić information content (AvgIpc) is 2.79. The van der Waals surface area contributed by atoms with E-state index in [0.717, 1.165) is 24.0 Å². The summed E-state index contributed by atoms with van der Waals surface area (Å²) in [5, 5.41) is 0.325. The molecule has 0 N–H and O–H groups in total. The minimum Gasteiger partial charge on any atom is -0.467 e. The summed E-state index contributed by atoms with van der Waals surface area (Å²) in [6.07, 6.45) is 0. The van der Waals surface area contributed by atoms with E-state index in [0.29, 0.717) is 0 Å². The summed E-state index contributed by atoms with van der Waals surface area (Å²) in [6, 6.07) is 3.12. The van der Waals surface area contributed by atoms with Gasteiger partial charge in [0.2, 0.25) is 0 Å². The van der Waals surface area contributed by atoms with Crippen LogP contribution in [0.25, 0.3) is 10.8 Å². The number of ether oxygens (including phenoxy) is 2. The molecule has 0 aromatic heterocycles. The van der Waals surface area contributed by atoms with E-state index in [1.54, 1.807) is 0 Å². The zero-order valence-electron chi connectivity index (χ0n) is 17.6. The minimum atomic E-state index is -1.17. The molecule has 0 saturated heterocycles. The number of methoxy groups -OCH3 is 2. The zero-order chi connectivity index (χ0) is 23.5. The highest BCUT2D eigenvalue weighted by molar-refractivity contribution is 6.34. The number of amides is 4. The van der Waals surface area contributed by atoms with Gasteiger partial charge >= 0.3 is 11.9 Å². The number of rotatable bonds is 4. The molecule has 4 rings (SSSR count). The molecule has 32 heavy (non-hydrogen) atoms. The van der Waals surface area contributed by atoms with Crippen molar-refractivity contribution in [1.29, 1.82) is 0 Å². The zero-order valence-corrected chi connectivity index (χ0v) is 17.6. The summed E-state index contributed by atoms with van der Waals surface area (Å²) in [5.41, 5.74) is 0.300.